The first-order valence-corrected chi connectivity index (χ1v) is 8.35. The molecule has 2 amide bonds. The van der Waals surface area contributed by atoms with Crippen LogP contribution >= 0.6 is 0 Å². The van der Waals surface area contributed by atoms with Crippen LogP contribution in [0.3, 0.4) is 0 Å². The summed E-state index contributed by atoms with van der Waals surface area (Å²) in [6, 6.07) is 10.9. The minimum atomic E-state index is -0.347. The van der Waals surface area contributed by atoms with Gasteiger partial charge in [-0.2, -0.15) is 5.10 Å². The molecule has 1 atom stereocenters. The number of nitrogens with one attached hydrogen (secondary N) is 2. The van der Waals surface area contributed by atoms with Crippen molar-refractivity contribution in [2.45, 2.75) is 38.0 Å². The highest BCUT2D eigenvalue weighted by atomic mass is 16.3. The van der Waals surface area contributed by atoms with E-state index in [9.17, 15) is 14.7 Å². The largest absolute Gasteiger partial charge is 0.393 e. The molecule has 25 heavy (non-hydrogen) atoms. The Morgan fingerprint density at radius 2 is 1.92 bits per heavy atom. The molecule has 1 heterocycles. The van der Waals surface area contributed by atoms with Gasteiger partial charge in [0, 0.05) is 19.2 Å². The van der Waals surface area contributed by atoms with Gasteiger partial charge in [-0.25, -0.2) is 0 Å². The highest BCUT2D eigenvalue weighted by Crippen LogP contribution is 2.22. The first kappa shape index (κ1) is 17.2. The van der Waals surface area contributed by atoms with Gasteiger partial charge < -0.3 is 15.7 Å². The molecule has 1 aromatic heterocycles. The zero-order valence-corrected chi connectivity index (χ0v) is 14.3. The highest BCUT2D eigenvalue weighted by Gasteiger charge is 2.30. The van der Waals surface area contributed by atoms with Gasteiger partial charge in [0.25, 0.3) is 11.8 Å². The van der Waals surface area contributed by atoms with Crippen molar-refractivity contribution in [2.24, 2.45) is 0 Å². The van der Waals surface area contributed by atoms with E-state index in [4.69, 9.17) is 0 Å². The Balaban J connectivity index is 1.90. The van der Waals surface area contributed by atoms with E-state index in [1.165, 1.54) is 13.1 Å². The van der Waals surface area contributed by atoms with E-state index in [-0.39, 0.29) is 35.7 Å². The number of hydrogen-bond donors (Lipinski definition) is 3. The molecule has 7 nitrogen and oxygen atoms in total. The van der Waals surface area contributed by atoms with Crippen LogP contribution in [0.25, 0.3) is 0 Å². The van der Waals surface area contributed by atoms with Crippen LogP contribution in [0.5, 0.6) is 0 Å². The van der Waals surface area contributed by atoms with Gasteiger partial charge in [-0.1, -0.05) is 30.3 Å². The van der Waals surface area contributed by atoms with E-state index in [0.717, 1.165) is 5.56 Å². The molecule has 1 aliphatic rings. The summed E-state index contributed by atoms with van der Waals surface area (Å²) in [4.78, 5) is 24.6. The Bertz CT molecular complexity index is 766. The van der Waals surface area contributed by atoms with Crippen molar-refractivity contribution >= 4 is 11.8 Å². The number of hydrogen-bond acceptors (Lipinski definition) is 4. The number of benzene rings is 1. The van der Waals surface area contributed by atoms with Gasteiger partial charge >= 0.3 is 0 Å². The van der Waals surface area contributed by atoms with Gasteiger partial charge in [-0.05, 0) is 25.3 Å². The SMILES string of the molecule is CNC(=O)c1cc(C(=O)NC2CC(O)C2)n([C@@H](C)c2ccccc2)n1. The number of carbonyl (C=O) groups is 2. The van der Waals surface area contributed by atoms with Gasteiger partial charge in [-0.3, -0.25) is 14.3 Å². The summed E-state index contributed by atoms with van der Waals surface area (Å²) in [5.41, 5.74) is 1.52. The summed E-state index contributed by atoms with van der Waals surface area (Å²) in [6.45, 7) is 1.93. The van der Waals surface area contributed by atoms with Crippen LogP contribution in [0.15, 0.2) is 36.4 Å². The minimum absolute atomic E-state index is 0.0404. The molecule has 0 unspecified atom stereocenters. The summed E-state index contributed by atoms with van der Waals surface area (Å²) in [5, 5.41) is 19.1. The van der Waals surface area contributed by atoms with Crippen LogP contribution in [0.2, 0.25) is 0 Å². The summed E-state index contributed by atoms with van der Waals surface area (Å²) < 4.78 is 1.57. The summed E-state index contributed by atoms with van der Waals surface area (Å²) in [6.07, 6.45) is 0.757. The van der Waals surface area contributed by atoms with Gasteiger partial charge in [-0.15, -0.1) is 0 Å². The van der Waals surface area contributed by atoms with Gasteiger partial charge in [0.2, 0.25) is 0 Å². The number of amides is 2. The van der Waals surface area contributed by atoms with Crippen LogP contribution in [-0.2, 0) is 0 Å². The minimum Gasteiger partial charge on any atom is -0.393 e. The van der Waals surface area contributed by atoms with Gasteiger partial charge in [0.15, 0.2) is 5.69 Å². The second-order valence-corrected chi connectivity index (χ2v) is 6.32. The lowest BCUT2D eigenvalue weighted by Crippen LogP contribution is -2.47. The van der Waals surface area contributed by atoms with E-state index in [2.05, 4.69) is 15.7 Å². The molecule has 132 valence electrons. The maximum atomic E-state index is 12.7. The normalized spacial score (nSPS) is 20.4. The summed E-state index contributed by atoms with van der Waals surface area (Å²) in [5.74, 6) is -0.630. The molecule has 0 radical (unpaired) electrons. The lowest BCUT2D eigenvalue weighted by atomic mass is 9.89. The fourth-order valence-electron chi connectivity index (χ4n) is 2.94. The molecule has 3 rings (SSSR count). The fourth-order valence-corrected chi connectivity index (χ4v) is 2.94. The molecule has 0 spiro atoms. The number of nitrogens with zero attached hydrogens (tertiary/aromatic N) is 2. The topological polar surface area (TPSA) is 96.3 Å². The van der Waals surface area contributed by atoms with E-state index < -0.39 is 0 Å². The van der Waals surface area contributed by atoms with Gasteiger partial charge in [0.1, 0.15) is 5.69 Å². The molecular formula is C18H22N4O3. The zero-order chi connectivity index (χ0) is 18.0. The smallest absolute Gasteiger partial charge is 0.271 e. The molecule has 7 heteroatoms. The maximum Gasteiger partial charge on any atom is 0.271 e. The van der Waals surface area contributed by atoms with Crippen LogP contribution in [-0.4, -0.2) is 45.9 Å². The molecule has 0 aliphatic heterocycles. The Kier molecular flexibility index (Phi) is 4.85. The Morgan fingerprint density at radius 3 is 2.52 bits per heavy atom. The number of aliphatic hydroxyl groups excluding tert-OH is 1. The van der Waals surface area contributed by atoms with Crippen LogP contribution in [0, 0.1) is 0 Å². The molecular weight excluding hydrogens is 320 g/mol. The van der Waals surface area contributed by atoms with E-state index in [1.807, 2.05) is 37.3 Å². The molecule has 1 aliphatic carbocycles. The van der Waals surface area contributed by atoms with Crippen molar-refractivity contribution in [3.05, 3.63) is 53.3 Å². The second-order valence-electron chi connectivity index (χ2n) is 6.32. The van der Waals surface area contributed by atoms with Crippen LogP contribution < -0.4 is 10.6 Å². The Morgan fingerprint density at radius 1 is 1.24 bits per heavy atom. The molecule has 1 saturated carbocycles. The van der Waals surface area contributed by atoms with Crippen molar-refractivity contribution < 1.29 is 14.7 Å². The molecule has 3 N–H and O–H groups in total. The lowest BCUT2D eigenvalue weighted by Gasteiger charge is -2.32. The Hall–Kier alpha value is -2.67. The number of aliphatic hydroxyl groups is 1. The first-order valence-electron chi connectivity index (χ1n) is 8.35. The predicted octanol–water partition coefficient (Wildman–Crippen LogP) is 1.11. The van der Waals surface area contributed by atoms with Crippen LogP contribution in [0.4, 0.5) is 0 Å². The predicted molar refractivity (Wildman–Crippen MR) is 92.4 cm³/mol. The second kappa shape index (κ2) is 7.06. The number of aromatic nitrogens is 2. The zero-order valence-electron chi connectivity index (χ0n) is 14.3. The average Bonchev–Trinajstić information content (AvgIpc) is 3.05. The highest BCUT2D eigenvalue weighted by molar-refractivity contribution is 5.98. The molecule has 2 aromatic rings. The van der Waals surface area contributed by atoms with E-state index in [0.29, 0.717) is 18.5 Å². The summed E-state index contributed by atoms with van der Waals surface area (Å²) in [7, 11) is 1.53. The standard InChI is InChI=1S/C18H22N4O3/c1-11(12-6-4-3-5-7-12)22-16(10-15(21-22)17(24)19-2)18(25)20-13-8-14(23)9-13/h3-7,10-11,13-14,23H,8-9H2,1-2H3,(H,19,24)(H,20,25)/t11-,13?,14?/m0/s1. The van der Waals surface area contributed by atoms with Crippen molar-refractivity contribution in [2.75, 3.05) is 7.05 Å². The molecule has 1 aromatic carbocycles. The third-order valence-electron chi connectivity index (χ3n) is 4.53. The van der Waals surface area contributed by atoms with Crippen molar-refractivity contribution in [3.8, 4) is 0 Å². The molecule has 0 bridgehead atoms. The van der Waals surface area contributed by atoms with Crippen molar-refractivity contribution in [1.29, 1.82) is 0 Å². The lowest BCUT2D eigenvalue weighted by molar-refractivity contribution is 0.0557. The van der Waals surface area contributed by atoms with Crippen molar-refractivity contribution in [3.63, 3.8) is 0 Å². The van der Waals surface area contributed by atoms with Crippen molar-refractivity contribution in [1.82, 2.24) is 20.4 Å². The van der Waals surface area contributed by atoms with Crippen LogP contribution in [0.1, 0.15) is 52.3 Å². The van der Waals surface area contributed by atoms with E-state index in [1.54, 1.807) is 4.68 Å². The monoisotopic (exact) mass is 342 g/mol. The maximum absolute atomic E-state index is 12.7. The Labute approximate surface area is 146 Å². The molecule has 1 fully saturated rings. The molecule has 0 saturated heterocycles. The van der Waals surface area contributed by atoms with E-state index >= 15 is 0 Å². The number of rotatable bonds is 5. The first-order chi connectivity index (χ1) is 12.0. The summed E-state index contributed by atoms with van der Waals surface area (Å²) >= 11 is 0. The average molecular weight is 342 g/mol. The third-order valence-corrected chi connectivity index (χ3v) is 4.53. The van der Waals surface area contributed by atoms with Gasteiger partial charge in [0.05, 0.1) is 12.1 Å². The quantitative estimate of drug-likeness (QED) is 0.758. The fraction of sp³-hybridized carbons (Fsp3) is 0.389. The number of carbonyl (C=O) groups excluding carboxylic acids is 2. The third kappa shape index (κ3) is 3.56.